The molecule has 5 nitrogen and oxygen atoms in total. The number of methoxy groups -OCH3 is 1. The Hall–Kier alpha value is -1.22. The van der Waals surface area contributed by atoms with Crippen LogP contribution in [0.3, 0.4) is 0 Å². The topological polar surface area (TPSA) is 64.3 Å². The maximum Gasteiger partial charge on any atom is 0.309 e. The van der Waals surface area contributed by atoms with Crippen LogP contribution in [0.1, 0.15) is 27.0 Å². The number of thiophene rings is 1. The molecule has 0 saturated heterocycles. The minimum absolute atomic E-state index is 0.0743. The van der Waals surface area contributed by atoms with Crippen molar-refractivity contribution in [3.63, 3.8) is 0 Å². The summed E-state index contributed by atoms with van der Waals surface area (Å²) >= 11 is 8.36. The number of aryl methyl sites for hydroxylation is 1. The van der Waals surface area contributed by atoms with E-state index in [0.29, 0.717) is 6.42 Å². The van der Waals surface area contributed by atoms with Gasteiger partial charge in [-0.25, -0.2) is 4.98 Å². The quantitative estimate of drug-likeness (QED) is 0.598. The molecule has 0 aliphatic heterocycles. The number of aliphatic hydroxyl groups is 1. The third-order valence-electron chi connectivity index (χ3n) is 4.62. The Morgan fingerprint density at radius 2 is 2.48 bits per heavy atom. The van der Waals surface area contributed by atoms with Crippen molar-refractivity contribution in [3.05, 3.63) is 40.1 Å². The molecule has 1 aliphatic carbocycles. The van der Waals surface area contributed by atoms with Crippen LogP contribution in [-0.4, -0.2) is 39.4 Å². The van der Waals surface area contributed by atoms with E-state index < -0.39 is 5.72 Å². The molecule has 0 spiro atoms. The van der Waals surface area contributed by atoms with Crippen LogP contribution in [-0.2, 0) is 28.1 Å². The number of rotatable bonds is 6. The van der Waals surface area contributed by atoms with Gasteiger partial charge in [-0.2, -0.15) is 11.8 Å². The minimum atomic E-state index is -1.33. The van der Waals surface area contributed by atoms with Gasteiger partial charge in [0.15, 0.2) is 5.72 Å². The Kier molecular flexibility index (Phi) is 5.62. The van der Waals surface area contributed by atoms with Gasteiger partial charge in [0, 0.05) is 27.5 Å². The van der Waals surface area contributed by atoms with E-state index in [4.69, 9.17) is 17.0 Å². The van der Waals surface area contributed by atoms with Crippen LogP contribution in [0.5, 0.6) is 0 Å². The van der Waals surface area contributed by atoms with Gasteiger partial charge in [-0.15, -0.1) is 11.3 Å². The Bertz CT molecular complexity index is 759. The minimum Gasteiger partial charge on any atom is -0.469 e. The van der Waals surface area contributed by atoms with Gasteiger partial charge in [0.2, 0.25) is 0 Å². The highest BCUT2D eigenvalue weighted by molar-refractivity contribution is 7.99. The number of esters is 1. The number of thiocarbonyl (C=S) groups is 1. The molecule has 2 aromatic heterocycles. The van der Waals surface area contributed by atoms with E-state index in [1.54, 1.807) is 46.4 Å². The van der Waals surface area contributed by atoms with Gasteiger partial charge in [0.1, 0.15) is 0 Å². The number of aromatic nitrogens is 2. The molecule has 8 heteroatoms. The Labute approximate surface area is 160 Å². The first-order valence-electron chi connectivity index (χ1n) is 7.92. The van der Waals surface area contributed by atoms with Crippen molar-refractivity contribution in [2.24, 2.45) is 5.92 Å². The highest BCUT2D eigenvalue weighted by atomic mass is 32.2. The Morgan fingerprint density at radius 3 is 3.08 bits per heavy atom. The van der Waals surface area contributed by atoms with Crippen molar-refractivity contribution in [1.29, 1.82) is 0 Å². The lowest BCUT2D eigenvalue weighted by molar-refractivity contribution is -0.145. The summed E-state index contributed by atoms with van der Waals surface area (Å²) in [6.45, 7) is 0. The first-order valence-corrected chi connectivity index (χ1v) is 10.5. The molecule has 3 rings (SSSR count). The van der Waals surface area contributed by atoms with Crippen molar-refractivity contribution < 1.29 is 14.6 Å². The molecule has 2 aromatic rings. The summed E-state index contributed by atoms with van der Waals surface area (Å²) in [6, 6.07) is 2.15. The molecular weight excluding hydrogens is 376 g/mol. The number of fused-ring (bicyclic) bond motifs is 1. The average molecular weight is 397 g/mol. The molecule has 25 heavy (non-hydrogen) atoms. The van der Waals surface area contributed by atoms with Crippen LogP contribution in [0.4, 0.5) is 0 Å². The summed E-state index contributed by atoms with van der Waals surface area (Å²) in [4.78, 5) is 18.1. The second-order valence-corrected chi connectivity index (χ2v) is 8.39. The van der Waals surface area contributed by atoms with Gasteiger partial charge in [0.25, 0.3) is 0 Å². The molecule has 0 radical (unpaired) electrons. The molecule has 2 heterocycles. The largest absolute Gasteiger partial charge is 0.469 e. The van der Waals surface area contributed by atoms with E-state index in [1.807, 2.05) is 6.26 Å². The van der Waals surface area contributed by atoms with Crippen LogP contribution in [0, 0.1) is 5.92 Å². The van der Waals surface area contributed by atoms with Gasteiger partial charge < -0.3 is 14.4 Å². The first-order chi connectivity index (χ1) is 12.0. The van der Waals surface area contributed by atoms with E-state index in [-0.39, 0.29) is 17.1 Å². The fourth-order valence-corrected chi connectivity index (χ4v) is 6.21. The molecule has 0 amide bonds. The van der Waals surface area contributed by atoms with Gasteiger partial charge >= 0.3 is 5.97 Å². The van der Waals surface area contributed by atoms with Crippen molar-refractivity contribution >= 4 is 46.7 Å². The maximum atomic E-state index is 11.8. The van der Waals surface area contributed by atoms with Crippen LogP contribution in [0.15, 0.2) is 24.8 Å². The molecule has 0 saturated carbocycles. The fourth-order valence-electron chi connectivity index (χ4n) is 3.25. The number of carbonyl (C=O) groups is 1. The predicted molar refractivity (Wildman–Crippen MR) is 104 cm³/mol. The summed E-state index contributed by atoms with van der Waals surface area (Å²) in [5.41, 5.74) is -0.0722. The molecule has 1 aliphatic rings. The fraction of sp³-hybridized carbons (Fsp3) is 0.471. The lowest BCUT2D eigenvalue weighted by atomic mass is 9.89. The number of thioether (sulfide) groups is 1. The molecule has 0 aromatic carbocycles. The van der Waals surface area contributed by atoms with E-state index in [9.17, 15) is 9.90 Å². The number of nitrogens with zero attached hydrogens (tertiary/aromatic N) is 2. The molecule has 3 unspecified atom stereocenters. The second-order valence-electron chi connectivity index (χ2n) is 6.05. The third kappa shape index (κ3) is 3.40. The Balaban J connectivity index is 1.92. The SMILES string of the molecule is COC(=O)C1CCc2cc(C(SC)C(O)(C=S)n3ccnc3)sc2C1. The molecular formula is C17H20N2O3S3. The normalized spacial score (nSPS) is 20.4. The highest BCUT2D eigenvalue weighted by Gasteiger charge is 2.39. The second kappa shape index (κ2) is 7.57. The van der Waals surface area contributed by atoms with Crippen LogP contribution >= 0.6 is 35.3 Å². The summed E-state index contributed by atoms with van der Waals surface area (Å²) < 4.78 is 6.53. The van der Waals surface area contributed by atoms with Gasteiger partial charge in [0.05, 0.1) is 24.6 Å². The molecule has 134 valence electrons. The van der Waals surface area contributed by atoms with Crippen molar-refractivity contribution in [1.82, 2.24) is 9.55 Å². The van der Waals surface area contributed by atoms with Crippen LogP contribution < -0.4 is 0 Å². The van der Waals surface area contributed by atoms with E-state index in [0.717, 1.165) is 17.7 Å². The summed E-state index contributed by atoms with van der Waals surface area (Å²) in [5.74, 6) is -0.217. The zero-order valence-corrected chi connectivity index (χ0v) is 16.5. The monoisotopic (exact) mass is 396 g/mol. The van der Waals surface area contributed by atoms with Crippen molar-refractivity contribution in [3.8, 4) is 0 Å². The van der Waals surface area contributed by atoms with Gasteiger partial charge in [-0.3, -0.25) is 4.79 Å². The van der Waals surface area contributed by atoms with Gasteiger partial charge in [-0.05, 0) is 37.1 Å². The smallest absolute Gasteiger partial charge is 0.309 e. The predicted octanol–water partition coefficient (Wildman–Crippen LogP) is 2.97. The zero-order chi connectivity index (χ0) is 18.0. The molecule has 0 bridgehead atoms. The number of carbonyl (C=O) groups excluding carboxylic acids is 1. The lowest BCUT2D eigenvalue weighted by Crippen LogP contribution is -2.38. The number of imidazole rings is 1. The van der Waals surface area contributed by atoms with E-state index >= 15 is 0 Å². The third-order valence-corrected chi connectivity index (χ3v) is 7.45. The van der Waals surface area contributed by atoms with E-state index in [1.165, 1.54) is 22.9 Å². The van der Waals surface area contributed by atoms with Crippen molar-refractivity contribution in [2.75, 3.05) is 13.4 Å². The highest BCUT2D eigenvalue weighted by Crippen LogP contribution is 2.45. The number of hydrogen-bond acceptors (Lipinski definition) is 7. The molecule has 1 N–H and O–H groups in total. The summed E-state index contributed by atoms with van der Waals surface area (Å²) in [6.07, 6.45) is 9.24. The summed E-state index contributed by atoms with van der Waals surface area (Å²) in [7, 11) is 1.44. The van der Waals surface area contributed by atoms with Crippen LogP contribution in [0.25, 0.3) is 0 Å². The average Bonchev–Trinajstić information content (AvgIpc) is 3.30. The zero-order valence-electron chi connectivity index (χ0n) is 14.0. The Morgan fingerprint density at radius 1 is 1.68 bits per heavy atom. The van der Waals surface area contributed by atoms with Gasteiger partial charge in [-0.1, -0.05) is 12.2 Å². The standard InChI is InChI=1S/C17H20N2O3S3/c1-22-16(20)12-4-3-11-7-14(25-13(11)8-12)15(24-2)17(21,9-23)19-6-5-18-10-19/h5-7,9-10,12,15,21H,3-4,8H2,1-2H3. The number of hydrogen-bond donors (Lipinski definition) is 1. The number of ether oxygens (including phenoxy) is 1. The first kappa shape index (κ1) is 18.6. The maximum absolute atomic E-state index is 11.8. The summed E-state index contributed by atoms with van der Waals surface area (Å²) in [5, 5.41) is 12.4. The van der Waals surface area contributed by atoms with Crippen LogP contribution in [0.2, 0.25) is 0 Å². The molecule has 0 fully saturated rings. The van der Waals surface area contributed by atoms with E-state index in [2.05, 4.69) is 11.1 Å². The molecule has 3 atom stereocenters. The lowest BCUT2D eigenvalue weighted by Gasteiger charge is -2.32. The van der Waals surface area contributed by atoms with Crippen molar-refractivity contribution in [2.45, 2.75) is 30.2 Å².